The summed E-state index contributed by atoms with van der Waals surface area (Å²) in [5, 5.41) is 0. The zero-order chi connectivity index (χ0) is 19.7. The molecule has 0 radical (unpaired) electrons. The van der Waals surface area contributed by atoms with Gasteiger partial charge in [0.25, 0.3) is 15.9 Å². The number of nitrogens with one attached hydrogen (secondary N) is 1. The van der Waals surface area contributed by atoms with E-state index in [9.17, 15) is 13.2 Å². The Balaban J connectivity index is 1.73. The molecule has 28 heavy (non-hydrogen) atoms. The van der Waals surface area contributed by atoms with E-state index in [2.05, 4.69) is 4.72 Å². The van der Waals surface area contributed by atoms with E-state index in [1.165, 1.54) is 18.2 Å². The molecule has 3 aromatic carbocycles. The van der Waals surface area contributed by atoms with Gasteiger partial charge in [0, 0.05) is 12.2 Å². The van der Waals surface area contributed by atoms with Crippen molar-refractivity contribution in [2.75, 3.05) is 16.2 Å². The van der Waals surface area contributed by atoms with Gasteiger partial charge in [-0.3, -0.25) is 9.52 Å². The highest BCUT2D eigenvalue weighted by atomic mass is 32.2. The Morgan fingerprint density at radius 1 is 0.929 bits per heavy atom. The van der Waals surface area contributed by atoms with Crippen LogP contribution >= 0.6 is 0 Å². The molecule has 1 amide bonds. The van der Waals surface area contributed by atoms with Crippen molar-refractivity contribution in [1.82, 2.24) is 0 Å². The third-order valence-electron chi connectivity index (χ3n) is 4.45. The number of amides is 1. The van der Waals surface area contributed by atoms with Crippen molar-refractivity contribution in [2.24, 2.45) is 0 Å². The largest absolute Gasteiger partial charge is 0.454 e. The molecule has 0 saturated heterocycles. The van der Waals surface area contributed by atoms with Crippen LogP contribution in [0.2, 0.25) is 0 Å². The van der Waals surface area contributed by atoms with Crippen molar-refractivity contribution in [3.63, 3.8) is 0 Å². The number of carbonyl (C=O) groups excluding carboxylic acids is 1. The van der Waals surface area contributed by atoms with Crippen LogP contribution < -0.4 is 14.4 Å². The number of benzene rings is 3. The zero-order valence-electron chi connectivity index (χ0n) is 15.1. The van der Waals surface area contributed by atoms with Gasteiger partial charge in [-0.2, -0.15) is 0 Å². The van der Waals surface area contributed by atoms with E-state index in [0.717, 1.165) is 0 Å². The summed E-state index contributed by atoms with van der Waals surface area (Å²) in [6.45, 7) is 2.33. The Bertz CT molecular complexity index is 1140. The minimum atomic E-state index is -3.75. The smallest absolute Gasteiger partial charge is 0.262 e. The number of ether oxygens (including phenoxy) is 1. The Morgan fingerprint density at radius 2 is 1.64 bits per heavy atom. The molecule has 1 heterocycles. The number of carbonyl (C=O) groups is 1. The van der Waals surface area contributed by atoms with Gasteiger partial charge >= 0.3 is 0 Å². The van der Waals surface area contributed by atoms with Crippen LogP contribution in [0.15, 0.2) is 77.7 Å². The van der Waals surface area contributed by atoms with Crippen molar-refractivity contribution in [3.05, 3.63) is 78.4 Å². The fraction of sp³-hybridized carbons (Fsp3) is 0.0952. The Hall–Kier alpha value is -3.32. The first-order chi connectivity index (χ1) is 13.5. The summed E-state index contributed by atoms with van der Waals surface area (Å²) in [4.78, 5) is 14.8. The summed E-state index contributed by atoms with van der Waals surface area (Å²) in [5.74, 6) is 0.716. The standard InChI is InChI=1S/C21H18N2O4S/c1-2-23-18-10-6-7-11-20(18)27-19-13-12-15(14-17(19)21(23)24)22-28(25,26)16-8-4-3-5-9-16/h3-14,22H,2H2,1H3. The molecule has 1 aliphatic heterocycles. The number of para-hydroxylation sites is 2. The predicted molar refractivity (Wildman–Crippen MR) is 108 cm³/mol. The highest BCUT2D eigenvalue weighted by molar-refractivity contribution is 7.92. The summed E-state index contributed by atoms with van der Waals surface area (Å²) in [6.07, 6.45) is 0. The van der Waals surface area contributed by atoms with Crippen LogP contribution in [-0.4, -0.2) is 20.9 Å². The summed E-state index contributed by atoms with van der Waals surface area (Å²) in [5.41, 5.74) is 1.27. The van der Waals surface area contributed by atoms with Gasteiger partial charge in [0.1, 0.15) is 5.75 Å². The lowest BCUT2D eigenvalue weighted by atomic mass is 10.1. The fourth-order valence-corrected chi connectivity index (χ4v) is 4.19. The van der Waals surface area contributed by atoms with Crippen LogP contribution in [0.4, 0.5) is 11.4 Å². The number of anilines is 2. The summed E-state index contributed by atoms with van der Waals surface area (Å²) in [6, 6.07) is 20.1. The molecule has 3 aromatic rings. The Labute approximate surface area is 163 Å². The predicted octanol–water partition coefficient (Wildman–Crippen LogP) is 4.26. The fourth-order valence-electron chi connectivity index (χ4n) is 3.12. The molecule has 6 nitrogen and oxygen atoms in total. The number of sulfonamides is 1. The van der Waals surface area contributed by atoms with E-state index in [1.807, 2.05) is 25.1 Å². The monoisotopic (exact) mass is 394 g/mol. The van der Waals surface area contributed by atoms with E-state index in [1.54, 1.807) is 41.3 Å². The number of fused-ring (bicyclic) bond motifs is 2. The quantitative estimate of drug-likeness (QED) is 0.717. The maximum absolute atomic E-state index is 13.1. The minimum Gasteiger partial charge on any atom is -0.454 e. The van der Waals surface area contributed by atoms with Gasteiger partial charge in [-0.15, -0.1) is 0 Å². The number of hydrogen-bond acceptors (Lipinski definition) is 4. The average molecular weight is 394 g/mol. The SMILES string of the molecule is CCN1C(=O)c2cc(NS(=O)(=O)c3ccccc3)ccc2Oc2ccccc21. The molecule has 4 rings (SSSR count). The lowest BCUT2D eigenvalue weighted by Crippen LogP contribution is -2.29. The van der Waals surface area contributed by atoms with Gasteiger partial charge < -0.3 is 9.64 Å². The van der Waals surface area contributed by atoms with Crippen LogP contribution in [-0.2, 0) is 10.0 Å². The Kier molecular flexibility index (Phi) is 4.52. The third kappa shape index (κ3) is 3.20. The maximum Gasteiger partial charge on any atom is 0.262 e. The second-order valence-electron chi connectivity index (χ2n) is 6.25. The lowest BCUT2D eigenvalue weighted by Gasteiger charge is -2.19. The molecule has 7 heteroatoms. The van der Waals surface area contributed by atoms with Crippen LogP contribution in [0.5, 0.6) is 11.5 Å². The van der Waals surface area contributed by atoms with Crippen molar-refractivity contribution in [1.29, 1.82) is 0 Å². The zero-order valence-corrected chi connectivity index (χ0v) is 15.9. The van der Waals surface area contributed by atoms with Crippen LogP contribution in [0.3, 0.4) is 0 Å². The summed E-state index contributed by atoms with van der Waals surface area (Å²) >= 11 is 0. The first-order valence-electron chi connectivity index (χ1n) is 8.80. The number of hydrogen-bond donors (Lipinski definition) is 1. The van der Waals surface area contributed by atoms with Gasteiger partial charge in [-0.05, 0) is 49.4 Å². The van der Waals surface area contributed by atoms with Crippen LogP contribution in [0.1, 0.15) is 17.3 Å². The molecule has 0 aromatic heterocycles. The summed E-state index contributed by atoms with van der Waals surface area (Å²) < 4.78 is 33.6. The Morgan fingerprint density at radius 3 is 2.39 bits per heavy atom. The molecule has 0 saturated carbocycles. The van der Waals surface area contributed by atoms with Crippen LogP contribution in [0, 0.1) is 0 Å². The molecular formula is C21H18N2O4S. The third-order valence-corrected chi connectivity index (χ3v) is 5.85. The second-order valence-corrected chi connectivity index (χ2v) is 7.93. The van der Waals surface area contributed by atoms with Gasteiger partial charge in [-0.25, -0.2) is 8.42 Å². The van der Waals surface area contributed by atoms with E-state index in [0.29, 0.717) is 35.0 Å². The molecule has 0 atom stereocenters. The molecule has 0 fully saturated rings. The van der Waals surface area contributed by atoms with Gasteiger partial charge in [-0.1, -0.05) is 30.3 Å². The van der Waals surface area contributed by atoms with E-state index < -0.39 is 10.0 Å². The van der Waals surface area contributed by atoms with Crippen molar-refractivity contribution in [3.8, 4) is 11.5 Å². The van der Waals surface area contributed by atoms with Gasteiger partial charge in [0.2, 0.25) is 0 Å². The minimum absolute atomic E-state index is 0.148. The lowest BCUT2D eigenvalue weighted by molar-refractivity contribution is 0.0988. The highest BCUT2D eigenvalue weighted by Gasteiger charge is 2.27. The van der Waals surface area contributed by atoms with Crippen LogP contribution in [0.25, 0.3) is 0 Å². The van der Waals surface area contributed by atoms with Crippen molar-refractivity contribution in [2.45, 2.75) is 11.8 Å². The molecule has 1 aliphatic rings. The van der Waals surface area contributed by atoms with E-state index in [4.69, 9.17) is 4.74 Å². The molecular weight excluding hydrogens is 376 g/mol. The normalized spacial score (nSPS) is 13.2. The summed E-state index contributed by atoms with van der Waals surface area (Å²) in [7, 11) is -3.75. The molecule has 1 N–H and O–H groups in total. The average Bonchev–Trinajstić information content (AvgIpc) is 2.82. The van der Waals surface area contributed by atoms with Gasteiger partial charge in [0.05, 0.1) is 16.1 Å². The molecule has 0 unspecified atom stereocenters. The second kappa shape index (κ2) is 7.01. The van der Waals surface area contributed by atoms with E-state index in [-0.39, 0.29) is 10.8 Å². The van der Waals surface area contributed by atoms with E-state index >= 15 is 0 Å². The van der Waals surface area contributed by atoms with Crippen molar-refractivity contribution >= 4 is 27.3 Å². The first-order valence-corrected chi connectivity index (χ1v) is 10.3. The number of nitrogens with zero attached hydrogens (tertiary/aromatic N) is 1. The molecule has 0 aliphatic carbocycles. The molecule has 142 valence electrons. The maximum atomic E-state index is 13.1. The number of rotatable bonds is 4. The molecule has 0 bridgehead atoms. The van der Waals surface area contributed by atoms with Crippen molar-refractivity contribution < 1.29 is 17.9 Å². The topological polar surface area (TPSA) is 75.7 Å². The van der Waals surface area contributed by atoms with Gasteiger partial charge in [0.15, 0.2) is 5.75 Å². The first kappa shape index (κ1) is 18.1. The highest BCUT2D eigenvalue weighted by Crippen LogP contribution is 2.39. The molecule has 0 spiro atoms.